The lowest BCUT2D eigenvalue weighted by Crippen LogP contribution is -2.10. The van der Waals surface area contributed by atoms with Gasteiger partial charge in [0.2, 0.25) is 0 Å². The summed E-state index contributed by atoms with van der Waals surface area (Å²) in [5.41, 5.74) is 1.16. The molecule has 0 saturated carbocycles. The summed E-state index contributed by atoms with van der Waals surface area (Å²) in [6, 6.07) is 8.48. The third kappa shape index (κ3) is 3.02. The molecular formula is C12H8ClNO2. The van der Waals surface area contributed by atoms with Crippen molar-refractivity contribution >= 4 is 17.6 Å². The Labute approximate surface area is 98.6 Å². The van der Waals surface area contributed by atoms with Crippen molar-refractivity contribution in [1.29, 1.82) is 5.26 Å². The van der Waals surface area contributed by atoms with Gasteiger partial charge in [-0.2, -0.15) is 5.26 Å². The summed E-state index contributed by atoms with van der Waals surface area (Å²) in [7, 11) is 0. The highest BCUT2D eigenvalue weighted by molar-refractivity contribution is 6.26. The number of nitriles is 1. The van der Waals surface area contributed by atoms with Crippen LogP contribution in [0.25, 0.3) is 0 Å². The van der Waals surface area contributed by atoms with Crippen LogP contribution in [0.3, 0.4) is 0 Å². The molecule has 0 aliphatic rings. The molecule has 0 fully saturated rings. The predicted octanol–water partition coefficient (Wildman–Crippen LogP) is 2.01. The summed E-state index contributed by atoms with van der Waals surface area (Å²) >= 11 is 5.30. The smallest absolute Gasteiger partial charge is 0.322 e. The van der Waals surface area contributed by atoms with E-state index in [2.05, 4.69) is 5.92 Å². The average molecular weight is 234 g/mol. The van der Waals surface area contributed by atoms with Gasteiger partial charge in [-0.05, 0) is 12.1 Å². The van der Waals surface area contributed by atoms with Gasteiger partial charge in [-0.1, -0.05) is 18.1 Å². The third-order valence-electron chi connectivity index (χ3n) is 1.85. The zero-order chi connectivity index (χ0) is 12.0. The average Bonchev–Trinajstić information content (AvgIpc) is 2.35. The number of rotatable bonds is 3. The highest BCUT2D eigenvalue weighted by Crippen LogP contribution is 2.17. The first-order chi connectivity index (χ1) is 7.71. The standard InChI is InChI=1S/C12H8ClNO2/c1-2-11(16-12(15)7-13)10-5-3-9(8-14)4-6-10/h1,3-6,11H,7H2/t11-/m1/s1. The number of carbonyl (C=O) groups excluding carboxylic acids is 1. The number of hydrogen-bond donors (Lipinski definition) is 0. The molecule has 4 heteroatoms. The number of hydrogen-bond acceptors (Lipinski definition) is 3. The maximum atomic E-state index is 11.0. The second kappa shape index (κ2) is 5.80. The van der Waals surface area contributed by atoms with E-state index in [0.717, 1.165) is 0 Å². The van der Waals surface area contributed by atoms with Crippen molar-refractivity contribution in [2.24, 2.45) is 0 Å². The topological polar surface area (TPSA) is 50.1 Å². The summed E-state index contributed by atoms with van der Waals surface area (Å²) in [6.07, 6.45) is 4.48. The van der Waals surface area contributed by atoms with Crippen molar-refractivity contribution in [1.82, 2.24) is 0 Å². The molecule has 0 saturated heterocycles. The zero-order valence-corrected chi connectivity index (χ0v) is 9.07. The van der Waals surface area contributed by atoms with Crippen LogP contribution in [0.2, 0.25) is 0 Å². The maximum Gasteiger partial charge on any atom is 0.322 e. The normalized spacial score (nSPS) is 10.9. The molecule has 0 aliphatic carbocycles. The zero-order valence-electron chi connectivity index (χ0n) is 8.31. The third-order valence-corrected chi connectivity index (χ3v) is 2.07. The van der Waals surface area contributed by atoms with Crippen LogP contribution in [0, 0.1) is 23.7 Å². The number of carbonyl (C=O) groups is 1. The lowest BCUT2D eigenvalue weighted by molar-refractivity contribution is -0.143. The molecule has 0 spiro atoms. The summed E-state index contributed by atoms with van der Waals surface area (Å²) in [5.74, 6) is 1.52. The Kier molecular flexibility index (Phi) is 4.39. The molecule has 0 aliphatic heterocycles. The fourth-order valence-corrected chi connectivity index (χ4v) is 1.16. The highest BCUT2D eigenvalue weighted by atomic mass is 35.5. The lowest BCUT2D eigenvalue weighted by atomic mass is 10.1. The van der Waals surface area contributed by atoms with Crippen molar-refractivity contribution in [3.8, 4) is 18.4 Å². The van der Waals surface area contributed by atoms with E-state index in [4.69, 9.17) is 28.0 Å². The minimum atomic E-state index is -0.765. The largest absolute Gasteiger partial charge is 0.443 e. The van der Waals surface area contributed by atoms with Crippen LogP contribution in [0.15, 0.2) is 24.3 Å². The Morgan fingerprint density at radius 3 is 2.56 bits per heavy atom. The van der Waals surface area contributed by atoms with Crippen molar-refractivity contribution in [3.05, 3.63) is 35.4 Å². The van der Waals surface area contributed by atoms with E-state index < -0.39 is 12.1 Å². The molecule has 0 amide bonds. The fraction of sp³-hybridized carbons (Fsp3) is 0.167. The number of terminal acetylenes is 1. The van der Waals surface area contributed by atoms with Gasteiger partial charge in [-0.25, -0.2) is 0 Å². The quantitative estimate of drug-likeness (QED) is 0.456. The molecule has 1 atom stereocenters. The Morgan fingerprint density at radius 1 is 1.50 bits per heavy atom. The van der Waals surface area contributed by atoms with E-state index in [9.17, 15) is 4.79 Å². The van der Waals surface area contributed by atoms with Crippen LogP contribution < -0.4 is 0 Å². The second-order valence-electron chi connectivity index (χ2n) is 2.90. The van der Waals surface area contributed by atoms with E-state index >= 15 is 0 Å². The van der Waals surface area contributed by atoms with Crippen molar-refractivity contribution < 1.29 is 9.53 Å². The van der Waals surface area contributed by atoms with Crippen LogP contribution in [0.1, 0.15) is 17.2 Å². The lowest BCUT2D eigenvalue weighted by Gasteiger charge is -2.11. The Hall–Kier alpha value is -1.97. The Morgan fingerprint density at radius 2 is 2.12 bits per heavy atom. The van der Waals surface area contributed by atoms with Gasteiger partial charge in [0, 0.05) is 5.56 Å². The Balaban J connectivity index is 2.85. The predicted molar refractivity (Wildman–Crippen MR) is 59.5 cm³/mol. The van der Waals surface area contributed by atoms with Gasteiger partial charge in [0.05, 0.1) is 11.6 Å². The number of esters is 1. The van der Waals surface area contributed by atoms with Crippen molar-refractivity contribution in [2.75, 3.05) is 5.88 Å². The second-order valence-corrected chi connectivity index (χ2v) is 3.17. The molecule has 3 nitrogen and oxygen atoms in total. The number of halogens is 1. The maximum absolute atomic E-state index is 11.0. The molecule has 0 unspecified atom stereocenters. The van der Waals surface area contributed by atoms with Gasteiger partial charge in [-0.3, -0.25) is 4.79 Å². The van der Waals surface area contributed by atoms with Gasteiger partial charge in [0.15, 0.2) is 6.10 Å². The van der Waals surface area contributed by atoms with Crippen LogP contribution in [0.4, 0.5) is 0 Å². The number of alkyl halides is 1. The molecule has 1 aromatic rings. The van der Waals surface area contributed by atoms with E-state index in [1.807, 2.05) is 6.07 Å². The summed E-state index contributed by atoms with van der Waals surface area (Å²) in [4.78, 5) is 11.0. The van der Waals surface area contributed by atoms with E-state index in [1.54, 1.807) is 24.3 Å². The monoisotopic (exact) mass is 233 g/mol. The molecule has 1 aromatic carbocycles. The number of benzene rings is 1. The summed E-state index contributed by atoms with van der Waals surface area (Å²) in [6.45, 7) is 0. The number of nitrogens with zero attached hydrogens (tertiary/aromatic N) is 1. The molecule has 1 rings (SSSR count). The molecule has 80 valence electrons. The van der Waals surface area contributed by atoms with Gasteiger partial charge >= 0.3 is 5.97 Å². The van der Waals surface area contributed by atoms with Crippen LogP contribution in [-0.2, 0) is 9.53 Å². The highest BCUT2D eigenvalue weighted by Gasteiger charge is 2.12. The van der Waals surface area contributed by atoms with Gasteiger partial charge in [0.1, 0.15) is 5.88 Å². The van der Waals surface area contributed by atoms with Crippen molar-refractivity contribution in [2.45, 2.75) is 6.10 Å². The molecule has 0 heterocycles. The first-order valence-corrected chi connectivity index (χ1v) is 4.96. The molecule has 0 radical (unpaired) electrons. The molecule has 0 N–H and O–H groups in total. The minimum Gasteiger partial charge on any atom is -0.443 e. The molecular weight excluding hydrogens is 226 g/mol. The molecule has 16 heavy (non-hydrogen) atoms. The van der Waals surface area contributed by atoms with E-state index in [0.29, 0.717) is 11.1 Å². The summed E-state index contributed by atoms with van der Waals surface area (Å²) < 4.78 is 4.92. The van der Waals surface area contributed by atoms with Gasteiger partial charge in [-0.15, -0.1) is 18.0 Å². The first kappa shape index (κ1) is 12.1. The van der Waals surface area contributed by atoms with E-state index in [1.165, 1.54) is 0 Å². The molecule has 0 aromatic heterocycles. The molecule has 0 bridgehead atoms. The fourth-order valence-electron chi connectivity index (χ4n) is 1.09. The van der Waals surface area contributed by atoms with Gasteiger partial charge in [0.25, 0.3) is 0 Å². The van der Waals surface area contributed by atoms with Gasteiger partial charge < -0.3 is 4.74 Å². The van der Waals surface area contributed by atoms with E-state index in [-0.39, 0.29) is 5.88 Å². The number of ether oxygens (including phenoxy) is 1. The SMILES string of the molecule is C#C[C@@H](OC(=O)CCl)c1ccc(C#N)cc1. The van der Waals surface area contributed by atoms with Crippen LogP contribution in [-0.4, -0.2) is 11.8 Å². The first-order valence-electron chi connectivity index (χ1n) is 4.43. The minimum absolute atomic E-state index is 0.242. The van der Waals surface area contributed by atoms with Crippen LogP contribution >= 0.6 is 11.6 Å². The van der Waals surface area contributed by atoms with Crippen LogP contribution in [0.5, 0.6) is 0 Å². The summed E-state index contributed by atoms with van der Waals surface area (Å²) in [5, 5.41) is 8.61. The Bertz CT molecular complexity index is 453. The van der Waals surface area contributed by atoms with Crippen molar-refractivity contribution in [3.63, 3.8) is 0 Å².